The molecule has 6 nitrogen and oxygen atoms in total. The second kappa shape index (κ2) is 6.92. The van der Waals surface area contributed by atoms with E-state index in [-0.39, 0.29) is 6.03 Å². The number of nitrogens with zero attached hydrogens (tertiary/aromatic N) is 3. The average Bonchev–Trinajstić information content (AvgIpc) is 2.45. The van der Waals surface area contributed by atoms with Crippen LogP contribution in [0.4, 0.5) is 10.7 Å². The van der Waals surface area contributed by atoms with E-state index in [1.54, 1.807) is 18.5 Å². The number of hydrogen-bond acceptors (Lipinski definition) is 4. The van der Waals surface area contributed by atoms with Gasteiger partial charge in [-0.25, -0.2) is 14.8 Å². The molecular formula is C13H21N5O. The summed E-state index contributed by atoms with van der Waals surface area (Å²) in [5.74, 6) is 1.32. The molecule has 1 fully saturated rings. The van der Waals surface area contributed by atoms with Gasteiger partial charge in [0, 0.05) is 38.6 Å². The van der Waals surface area contributed by atoms with Crippen molar-refractivity contribution in [1.82, 2.24) is 20.2 Å². The molecule has 19 heavy (non-hydrogen) atoms. The molecule has 1 aliphatic rings. The van der Waals surface area contributed by atoms with Crippen molar-refractivity contribution < 1.29 is 4.79 Å². The minimum Gasteiger partial charge on any atom is -0.352 e. The summed E-state index contributed by atoms with van der Waals surface area (Å²) in [5, 5.41) is 5.96. The van der Waals surface area contributed by atoms with Crippen LogP contribution in [0.25, 0.3) is 0 Å². The number of rotatable bonds is 4. The standard InChI is InChI=1S/C13H21N5O/c1-11-3-9-18(10-4-11)13(19)17-8-7-16-12-14-5-2-6-15-12/h2,5-6,11H,3-4,7-10H2,1H3,(H,17,19)(H,14,15,16). The molecule has 1 aromatic heterocycles. The lowest BCUT2D eigenvalue weighted by Crippen LogP contribution is -2.45. The van der Waals surface area contributed by atoms with Crippen molar-refractivity contribution in [2.75, 3.05) is 31.5 Å². The fraction of sp³-hybridized carbons (Fsp3) is 0.615. The van der Waals surface area contributed by atoms with E-state index in [0.29, 0.717) is 19.0 Å². The molecule has 104 valence electrons. The molecule has 6 heteroatoms. The Hall–Kier alpha value is -1.85. The van der Waals surface area contributed by atoms with Crippen LogP contribution in [-0.4, -0.2) is 47.1 Å². The number of amides is 2. The quantitative estimate of drug-likeness (QED) is 0.804. The highest BCUT2D eigenvalue weighted by molar-refractivity contribution is 5.74. The first-order valence-corrected chi connectivity index (χ1v) is 6.79. The molecule has 1 aromatic rings. The number of aromatic nitrogens is 2. The lowest BCUT2D eigenvalue weighted by Gasteiger charge is -2.30. The van der Waals surface area contributed by atoms with Gasteiger partial charge in [0.25, 0.3) is 0 Å². The third-order valence-electron chi connectivity index (χ3n) is 3.32. The molecule has 0 aliphatic carbocycles. The highest BCUT2D eigenvalue weighted by Crippen LogP contribution is 2.15. The summed E-state index contributed by atoms with van der Waals surface area (Å²) >= 11 is 0. The van der Waals surface area contributed by atoms with E-state index in [0.717, 1.165) is 31.8 Å². The minimum atomic E-state index is 0.0303. The maximum absolute atomic E-state index is 11.9. The summed E-state index contributed by atoms with van der Waals surface area (Å²) in [6.07, 6.45) is 5.57. The minimum absolute atomic E-state index is 0.0303. The molecule has 2 rings (SSSR count). The first kappa shape index (κ1) is 13.6. The molecule has 0 spiro atoms. The van der Waals surface area contributed by atoms with Gasteiger partial charge >= 0.3 is 6.03 Å². The molecule has 1 saturated heterocycles. The van der Waals surface area contributed by atoms with Crippen molar-refractivity contribution in [2.45, 2.75) is 19.8 Å². The summed E-state index contributed by atoms with van der Waals surface area (Å²) < 4.78 is 0. The van der Waals surface area contributed by atoms with Crippen LogP contribution in [0, 0.1) is 5.92 Å². The van der Waals surface area contributed by atoms with E-state index in [9.17, 15) is 4.79 Å². The molecule has 2 heterocycles. The van der Waals surface area contributed by atoms with Crippen LogP contribution in [0.2, 0.25) is 0 Å². The molecule has 1 aliphatic heterocycles. The van der Waals surface area contributed by atoms with Gasteiger partial charge in [-0.1, -0.05) is 6.92 Å². The van der Waals surface area contributed by atoms with Gasteiger partial charge in [-0.05, 0) is 24.8 Å². The van der Waals surface area contributed by atoms with Crippen molar-refractivity contribution in [3.05, 3.63) is 18.5 Å². The molecule has 0 bridgehead atoms. The number of likely N-dealkylation sites (tertiary alicyclic amines) is 1. The van der Waals surface area contributed by atoms with Crippen LogP contribution in [0.3, 0.4) is 0 Å². The SMILES string of the molecule is CC1CCN(C(=O)NCCNc2ncccn2)CC1. The molecule has 0 atom stereocenters. The lowest BCUT2D eigenvalue weighted by atomic mass is 10.00. The predicted molar refractivity (Wildman–Crippen MR) is 73.9 cm³/mol. The van der Waals surface area contributed by atoms with Crippen molar-refractivity contribution in [2.24, 2.45) is 5.92 Å². The summed E-state index contributed by atoms with van der Waals surface area (Å²) in [4.78, 5) is 21.9. The third-order valence-corrected chi connectivity index (χ3v) is 3.32. The zero-order valence-electron chi connectivity index (χ0n) is 11.3. The van der Waals surface area contributed by atoms with Crippen LogP contribution in [0.15, 0.2) is 18.5 Å². The zero-order valence-corrected chi connectivity index (χ0v) is 11.3. The molecule has 0 aromatic carbocycles. The monoisotopic (exact) mass is 263 g/mol. The molecule has 0 radical (unpaired) electrons. The maximum atomic E-state index is 11.9. The number of carbonyl (C=O) groups is 1. The first-order chi connectivity index (χ1) is 9.25. The lowest BCUT2D eigenvalue weighted by molar-refractivity contribution is 0.174. The second-order valence-electron chi connectivity index (χ2n) is 4.90. The van der Waals surface area contributed by atoms with Gasteiger partial charge in [0.15, 0.2) is 0 Å². The highest BCUT2D eigenvalue weighted by Gasteiger charge is 2.19. The smallest absolute Gasteiger partial charge is 0.317 e. The van der Waals surface area contributed by atoms with Gasteiger partial charge < -0.3 is 15.5 Å². The van der Waals surface area contributed by atoms with Crippen LogP contribution in [-0.2, 0) is 0 Å². The molecule has 2 amide bonds. The van der Waals surface area contributed by atoms with E-state index in [2.05, 4.69) is 27.5 Å². The summed E-state index contributed by atoms with van der Waals surface area (Å²) in [5.41, 5.74) is 0. The van der Waals surface area contributed by atoms with Crippen molar-refractivity contribution >= 4 is 12.0 Å². The van der Waals surface area contributed by atoms with E-state index >= 15 is 0 Å². The number of anilines is 1. The number of nitrogens with one attached hydrogen (secondary N) is 2. The highest BCUT2D eigenvalue weighted by atomic mass is 16.2. The molecule has 2 N–H and O–H groups in total. The molecular weight excluding hydrogens is 242 g/mol. The summed E-state index contributed by atoms with van der Waals surface area (Å²) in [6, 6.07) is 1.80. The van der Waals surface area contributed by atoms with Crippen LogP contribution in [0.5, 0.6) is 0 Å². The van der Waals surface area contributed by atoms with Crippen LogP contribution >= 0.6 is 0 Å². The van der Waals surface area contributed by atoms with E-state index in [4.69, 9.17) is 0 Å². The fourth-order valence-corrected chi connectivity index (χ4v) is 2.06. The van der Waals surface area contributed by atoms with Gasteiger partial charge in [-0.2, -0.15) is 0 Å². The number of carbonyl (C=O) groups excluding carboxylic acids is 1. The summed E-state index contributed by atoms with van der Waals surface area (Å²) in [7, 11) is 0. The zero-order chi connectivity index (χ0) is 13.5. The van der Waals surface area contributed by atoms with Gasteiger partial charge in [0.2, 0.25) is 5.95 Å². The Morgan fingerprint density at radius 2 is 2.00 bits per heavy atom. The first-order valence-electron chi connectivity index (χ1n) is 6.79. The Labute approximate surface area is 113 Å². The molecule has 0 unspecified atom stereocenters. The molecule has 0 saturated carbocycles. The number of piperidine rings is 1. The Bertz CT molecular complexity index is 389. The Morgan fingerprint density at radius 3 is 2.68 bits per heavy atom. The largest absolute Gasteiger partial charge is 0.352 e. The number of hydrogen-bond donors (Lipinski definition) is 2. The summed E-state index contributed by atoms with van der Waals surface area (Å²) in [6.45, 7) is 5.16. The normalized spacial score (nSPS) is 16.2. The maximum Gasteiger partial charge on any atom is 0.317 e. The van der Waals surface area contributed by atoms with Crippen LogP contribution < -0.4 is 10.6 Å². The van der Waals surface area contributed by atoms with Crippen molar-refractivity contribution in [3.8, 4) is 0 Å². The fourth-order valence-electron chi connectivity index (χ4n) is 2.06. The number of urea groups is 1. The van der Waals surface area contributed by atoms with Gasteiger partial charge in [0.05, 0.1) is 0 Å². The average molecular weight is 263 g/mol. The van der Waals surface area contributed by atoms with E-state index in [1.165, 1.54) is 0 Å². The van der Waals surface area contributed by atoms with Gasteiger partial charge in [0.1, 0.15) is 0 Å². The van der Waals surface area contributed by atoms with Crippen LogP contribution in [0.1, 0.15) is 19.8 Å². The second-order valence-corrected chi connectivity index (χ2v) is 4.90. The van der Waals surface area contributed by atoms with Crippen molar-refractivity contribution in [3.63, 3.8) is 0 Å². The third kappa shape index (κ3) is 4.39. The topological polar surface area (TPSA) is 70.2 Å². The van der Waals surface area contributed by atoms with Gasteiger partial charge in [-0.15, -0.1) is 0 Å². The van der Waals surface area contributed by atoms with E-state index < -0.39 is 0 Å². The Kier molecular flexibility index (Phi) is 4.94. The Balaban J connectivity index is 1.61. The van der Waals surface area contributed by atoms with Crippen molar-refractivity contribution in [1.29, 1.82) is 0 Å². The van der Waals surface area contributed by atoms with E-state index in [1.807, 2.05) is 4.90 Å². The Morgan fingerprint density at radius 1 is 1.32 bits per heavy atom. The van der Waals surface area contributed by atoms with Gasteiger partial charge in [-0.3, -0.25) is 0 Å². The predicted octanol–water partition coefficient (Wildman–Crippen LogP) is 1.33.